The number of rotatable bonds is 5. The largest absolute Gasteiger partial charge is 2.00 e. The Labute approximate surface area is 376 Å². The Kier molecular flexibility index (Phi) is 10.1. The van der Waals surface area contributed by atoms with Crippen LogP contribution >= 0.6 is 0 Å². The van der Waals surface area contributed by atoms with Crippen molar-refractivity contribution in [2.75, 3.05) is 6.61 Å². The molecule has 306 valence electrons. The van der Waals surface area contributed by atoms with Crippen LogP contribution in [-0.4, -0.2) is 22.7 Å². The van der Waals surface area contributed by atoms with E-state index in [9.17, 15) is 0 Å². The molecule has 63 heavy (non-hydrogen) atoms. The van der Waals surface area contributed by atoms with Crippen molar-refractivity contribution in [3.8, 4) is 44.5 Å². The zero-order valence-corrected chi connectivity index (χ0v) is 35.3. The molecule has 1 N–H and O–H groups in total. The van der Waals surface area contributed by atoms with Crippen LogP contribution in [0.15, 0.2) is 176 Å². The number of hydrogen-bond donors (Lipinski definition) is 1. The van der Waals surface area contributed by atoms with Crippen LogP contribution in [0.5, 0.6) is 0 Å². The van der Waals surface area contributed by atoms with Crippen molar-refractivity contribution < 1.29 is 21.2 Å². The van der Waals surface area contributed by atoms with Gasteiger partial charge in [0.25, 0.3) is 0 Å². The van der Waals surface area contributed by atoms with Gasteiger partial charge >= 0.3 is 16.5 Å². The monoisotopic (exact) mass is 857 g/mol. The third kappa shape index (κ3) is 6.76. The van der Waals surface area contributed by atoms with Crippen LogP contribution in [-0.2, 0) is 21.2 Å². The van der Waals surface area contributed by atoms with Gasteiger partial charge in [0.1, 0.15) is 0 Å². The van der Waals surface area contributed by atoms with E-state index in [1.807, 2.05) is 12.1 Å². The second-order valence-electron chi connectivity index (χ2n) is 16.3. The molecule has 0 saturated carbocycles. The van der Waals surface area contributed by atoms with Crippen LogP contribution in [0.1, 0.15) is 47.2 Å². The van der Waals surface area contributed by atoms with E-state index in [1.165, 1.54) is 5.56 Å². The molecule has 1 fully saturated rings. The number of benzene rings is 5. The zero-order chi connectivity index (χ0) is 41.0. The van der Waals surface area contributed by atoms with E-state index in [0.29, 0.717) is 6.61 Å². The quantitative estimate of drug-likeness (QED) is 0.174. The summed E-state index contributed by atoms with van der Waals surface area (Å²) in [4.78, 5) is 22.4. The first-order valence-electron chi connectivity index (χ1n) is 21.5. The molecule has 0 unspecified atom stereocenters. The molecule has 6 nitrogen and oxygen atoms in total. The van der Waals surface area contributed by atoms with Crippen LogP contribution in [0.25, 0.3) is 90.0 Å². The number of nitrogens with one attached hydrogen (secondary N) is 1. The van der Waals surface area contributed by atoms with Gasteiger partial charge in [-0.1, -0.05) is 176 Å². The summed E-state index contributed by atoms with van der Waals surface area (Å²) in [5.41, 5.74) is 18.1. The Morgan fingerprint density at radius 1 is 0.476 bits per heavy atom. The zero-order valence-electron chi connectivity index (χ0n) is 34.3. The molecule has 0 amide bonds. The number of aromatic nitrogens is 4. The van der Waals surface area contributed by atoms with E-state index in [0.717, 1.165) is 113 Å². The summed E-state index contributed by atoms with van der Waals surface area (Å²) in [5, 5.41) is 4.16. The molecule has 1 saturated heterocycles. The van der Waals surface area contributed by atoms with Gasteiger partial charge in [0.15, 0.2) is 0 Å². The Bertz CT molecular complexity index is 3210. The summed E-state index contributed by atoms with van der Waals surface area (Å²) in [6, 6.07) is 61.6. The Balaban J connectivity index is 0.00000444. The molecule has 12 rings (SSSR count). The molecular weight excluding hydrogens is 817 g/mol. The normalized spacial score (nSPS) is 17.6. The van der Waals surface area contributed by atoms with Crippen molar-refractivity contribution in [2.45, 2.75) is 25.0 Å². The van der Waals surface area contributed by atoms with Gasteiger partial charge in [-0.25, -0.2) is 9.97 Å². The van der Waals surface area contributed by atoms with Crippen molar-refractivity contribution in [3.05, 3.63) is 204 Å². The summed E-state index contributed by atoms with van der Waals surface area (Å²) >= 11 is 0. The molecule has 0 radical (unpaired) electrons. The fourth-order valence-corrected chi connectivity index (χ4v) is 9.97. The van der Waals surface area contributed by atoms with E-state index < -0.39 is 0 Å². The average Bonchev–Trinajstić information content (AvgIpc) is 4.18. The maximum Gasteiger partial charge on any atom is 2.00 e. The van der Waals surface area contributed by atoms with E-state index in [-0.39, 0.29) is 34.6 Å². The molecule has 4 aliphatic rings. The first kappa shape index (κ1) is 38.8. The van der Waals surface area contributed by atoms with E-state index >= 15 is 0 Å². The second-order valence-corrected chi connectivity index (χ2v) is 16.3. The van der Waals surface area contributed by atoms with Gasteiger partial charge < -0.3 is 20.0 Å². The fourth-order valence-electron chi connectivity index (χ4n) is 9.97. The summed E-state index contributed by atoms with van der Waals surface area (Å²) in [7, 11) is 0. The summed E-state index contributed by atoms with van der Waals surface area (Å²) in [6.07, 6.45) is 6.07. The van der Waals surface area contributed by atoms with Crippen molar-refractivity contribution in [3.63, 3.8) is 0 Å². The first-order chi connectivity index (χ1) is 30.8. The van der Waals surface area contributed by atoms with Crippen LogP contribution in [0.3, 0.4) is 0 Å². The maximum atomic E-state index is 7.00. The minimum atomic E-state index is -0.201. The smallest absolute Gasteiger partial charge is 0.657 e. The van der Waals surface area contributed by atoms with Crippen molar-refractivity contribution in [1.82, 2.24) is 25.3 Å². The molecule has 3 aromatic heterocycles. The number of nitrogens with zero attached hydrogens (tertiary/aromatic N) is 4. The van der Waals surface area contributed by atoms with Gasteiger partial charge in [-0.3, -0.25) is 0 Å². The summed E-state index contributed by atoms with van der Waals surface area (Å²) in [6.45, 7) is 0.687. The van der Waals surface area contributed by atoms with E-state index in [1.54, 1.807) is 0 Å². The van der Waals surface area contributed by atoms with Gasteiger partial charge in [0.05, 0.1) is 40.6 Å². The molecule has 4 aliphatic heterocycles. The number of fused-ring (bicyclic) bond motifs is 12. The molecule has 5 aromatic carbocycles. The molecule has 7 heterocycles. The number of hydrogen-bond acceptors (Lipinski definition) is 4. The Morgan fingerprint density at radius 3 is 1.40 bits per heavy atom. The third-order valence-electron chi connectivity index (χ3n) is 12.7. The van der Waals surface area contributed by atoms with Gasteiger partial charge in [-0.05, 0) is 75.1 Å². The Morgan fingerprint density at radius 2 is 0.905 bits per heavy atom. The van der Waals surface area contributed by atoms with Crippen LogP contribution in [0, 0.1) is 5.92 Å². The van der Waals surface area contributed by atoms with Gasteiger partial charge in [-0.2, -0.15) is 0 Å². The second kappa shape index (κ2) is 16.3. The Hall–Kier alpha value is -7.05. The minimum absolute atomic E-state index is 0. The predicted molar refractivity (Wildman–Crippen MR) is 251 cm³/mol. The maximum absolute atomic E-state index is 7.00. The van der Waals surface area contributed by atoms with Crippen molar-refractivity contribution in [2.24, 2.45) is 5.92 Å². The molecule has 0 spiro atoms. The molecule has 8 aromatic rings. The van der Waals surface area contributed by atoms with Gasteiger partial charge in [0.2, 0.25) is 0 Å². The molecule has 0 aliphatic carbocycles. The summed E-state index contributed by atoms with van der Waals surface area (Å²) < 4.78 is 7.00. The fraction of sp³-hybridized carbons (Fsp3) is 0.107. The first-order valence-corrected chi connectivity index (χ1v) is 21.5. The van der Waals surface area contributed by atoms with Crippen LogP contribution in [0.4, 0.5) is 0 Å². The minimum Gasteiger partial charge on any atom is -0.657 e. The number of ether oxygens (including phenoxy) is 1. The van der Waals surface area contributed by atoms with E-state index in [4.69, 9.17) is 24.7 Å². The molecule has 3 atom stereocenters. The average molecular weight is 859 g/mol. The topological polar surface area (TPSA) is 75.2 Å². The van der Waals surface area contributed by atoms with Crippen LogP contribution in [0.2, 0.25) is 0 Å². The third-order valence-corrected chi connectivity index (χ3v) is 12.7. The molecular formula is C56H41N5NiO. The van der Waals surface area contributed by atoms with Gasteiger partial charge in [-0.15, -0.1) is 22.1 Å². The SMILES string of the molecule is C1=Cc2nc1c(-c1ccccc1)c1ccc([n-]1)c(-c1ccccc1)c1nc(c(-c3ccccc3)c3ccc([n-]3)c2-c2ccccc2)C2=C1N[C@H](c1ccccc1)[C@H]1CCCO[C@@H]21.[Ni+2]. The standard InChI is InChI=1S/C56H41N5O.Ni/c1-6-17-35(18-7-1)47-41-28-29-42(57-41)48(36-19-8-2-9-20-36)44-31-33-46(59-44)50(38-23-12-4-13-24-38)54-55-51(56-40(27-16-34-62-56)52(60-55)39-25-14-5-15-26-39)53(61-54)49(37-21-10-3-11-22-37)45-32-30-43(47)58-45;/h1-15,17-26,28-33,40,52,56,60H,16,27,34H2;/q-2;+2/t40-,52-,56-;/m1./s1. The van der Waals surface area contributed by atoms with Gasteiger partial charge in [0, 0.05) is 18.1 Å². The molecule has 7 heteroatoms. The summed E-state index contributed by atoms with van der Waals surface area (Å²) in [5.74, 6) is 0.186. The van der Waals surface area contributed by atoms with Crippen LogP contribution < -0.4 is 15.3 Å². The van der Waals surface area contributed by atoms with Crippen molar-refractivity contribution in [1.29, 1.82) is 0 Å². The predicted octanol–water partition coefficient (Wildman–Crippen LogP) is 12.4. The van der Waals surface area contributed by atoms with E-state index in [2.05, 4.69) is 181 Å². The van der Waals surface area contributed by atoms with Crippen molar-refractivity contribution >= 4 is 45.5 Å². The molecule has 8 bridgehead atoms.